The molecular formula is C16H18F3N5O. The molecule has 134 valence electrons. The van der Waals surface area contributed by atoms with Gasteiger partial charge in [-0.1, -0.05) is 30.5 Å². The number of anilines is 1. The molecule has 0 atom stereocenters. The van der Waals surface area contributed by atoms with Crippen molar-refractivity contribution in [1.82, 2.24) is 20.3 Å². The molecule has 1 saturated carbocycles. The summed E-state index contributed by atoms with van der Waals surface area (Å²) in [5.41, 5.74) is 5.08. The van der Waals surface area contributed by atoms with Crippen LogP contribution in [0, 0.1) is 0 Å². The summed E-state index contributed by atoms with van der Waals surface area (Å²) >= 11 is 0. The zero-order valence-corrected chi connectivity index (χ0v) is 13.4. The van der Waals surface area contributed by atoms with E-state index in [1.165, 1.54) is 12.1 Å². The van der Waals surface area contributed by atoms with Gasteiger partial charge < -0.3 is 11.1 Å². The second kappa shape index (κ2) is 6.73. The first-order valence-corrected chi connectivity index (χ1v) is 8.06. The summed E-state index contributed by atoms with van der Waals surface area (Å²) in [6.07, 6.45) is 0.572. The molecule has 1 fully saturated rings. The van der Waals surface area contributed by atoms with Crippen LogP contribution in [0.5, 0.6) is 0 Å². The Balaban J connectivity index is 1.82. The van der Waals surface area contributed by atoms with Crippen molar-refractivity contribution in [1.29, 1.82) is 0 Å². The Kier molecular flexibility index (Phi) is 4.65. The van der Waals surface area contributed by atoms with Crippen LogP contribution in [0.1, 0.15) is 48.2 Å². The number of aromatic nitrogens is 3. The molecule has 0 radical (unpaired) electrons. The number of hydrogen-bond donors (Lipinski definition) is 2. The summed E-state index contributed by atoms with van der Waals surface area (Å²) in [4.78, 5) is 12.3. The number of nitrogens with one attached hydrogen (secondary N) is 1. The number of rotatable bonds is 3. The SMILES string of the molecule is Nc1c(C(=O)NC2CCCCC2)nnn1-c1cccc(C(F)(F)F)c1. The maximum atomic E-state index is 12.8. The lowest BCUT2D eigenvalue weighted by Gasteiger charge is -2.22. The van der Waals surface area contributed by atoms with E-state index in [1.807, 2.05) is 0 Å². The average Bonchev–Trinajstić information content (AvgIpc) is 2.97. The number of nitrogen functional groups attached to an aromatic ring is 1. The lowest BCUT2D eigenvalue weighted by Crippen LogP contribution is -2.36. The topological polar surface area (TPSA) is 85.8 Å². The van der Waals surface area contributed by atoms with Crippen LogP contribution in [0.4, 0.5) is 19.0 Å². The van der Waals surface area contributed by atoms with E-state index in [9.17, 15) is 18.0 Å². The van der Waals surface area contributed by atoms with E-state index in [2.05, 4.69) is 15.6 Å². The summed E-state index contributed by atoms with van der Waals surface area (Å²) in [5, 5.41) is 10.3. The van der Waals surface area contributed by atoms with E-state index in [4.69, 9.17) is 5.73 Å². The fraction of sp³-hybridized carbons (Fsp3) is 0.438. The van der Waals surface area contributed by atoms with E-state index in [1.54, 1.807) is 0 Å². The Morgan fingerprint density at radius 3 is 2.64 bits per heavy atom. The first-order valence-electron chi connectivity index (χ1n) is 8.06. The smallest absolute Gasteiger partial charge is 0.382 e. The summed E-state index contributed by atoms with van der Waals surface area (Å²) in [7, 11) is 0. The highest BCUT2D eigenvalue weighted by atomic mass is 19.4. The Bertz CT molecular complexity index is 765. The van der Waals surface area contributed by atoms with E-state index < -0.39 is 17.6 Å². The minimum absolute atomic E-state index is 0.0688. The van der Waals surface area contributed by atoms with Crippen LogP contribution in [-0.4, -0.2) is 26.9 Å². The number of carbonyl (C=O) groups excluding carboxylic acids is 1. The van der Waals surface area contributed by atoms with Crippen LogP contribution in [0.25, 0.3) is 5.69 Å². The molecule has 3 N–H and O–H groups in total. The van der Waals surface area contributed by atoms with Crippen molar-refractivity contribution in [3.63, 3.8) is 0 Å². The van der Waals surface area contributed by atoms with Crippen LogP contribution in [-0.2, 0) is 6.18 Å². The maximum absolute atomic E-state index is 12.8. The maximum Gasteiger partial charge on any atom is 0.416 e. The second-order valence-electron chi connectivity index (χ2n) is 6.09. The summed E-state index contributed by atoms with van der Waals surface area (Å²) in [6.45, 7) is 0. The van der Waals surface area contributed by atoms with Gasteiger partial charge in [0.1, 0.15) is 0 Å². The van der Waals surface area contributed by atoms with Gasteiger partial charge >= 0.3 is 6.18 Å². The third kappa shape index (κ3) is 3.75. The van der Waals surface area contributed by atoms with Gasteiger partial charge in [0.15, 0.2) is 11.5 Å². The van der Waals surface area contributed by atoms with Gasteiger partial charge in [0.05, 0.1) is 11.3 Å². The lowest BCUT2D eigenvalue weighted by atomic mass is 9.95. The molecule has 1 heterocycles. The summed E-state index contributed by atoms with van der Waals surface area (Å²) in [6, 6.07) is 4.60. The van der Waals surface area contributed by atoms with Gasteiger partial charge in [0, 0.05) is 6.04 Å². The third-order valence-corrected chi connectivity index (χ3v) is 4.28. The normalized spacial score (nSPS) is 16.0. The molecule has 1 aliphatic rings. The van der Waals surface area contributed by atoms with Crippen molar-refractivity contribution in [2.24, 2.45) is 0 Å². The largest absolute Gasteiger partial charge is 0.416 e. The van der Waals surface area contributed by atoms with Crippen LogP contribution in [0.2, 0.25) is 0 Å². The van der Waals surface area contributed by atoms with Gasteiger partial charge in [-0.25, -0.2) is 0 Å². The predicted molar refractivity (Wildman–Crippen MR) is 85.1 cm³/mol. The number of hydrogen-bond acceptors (Lipinski definition) is 4. The van der Waals surface area contributed by atoms with Gasteiger partial charge in [0.2, 0.25) is 0 Å². The molecule has 9 heteroatoms. The Morgan fingerprint density at radius 2 is 1.96 bits per heavy atom. The molecular weight excluding hydrogens is 335 g/mol. The van der Waals surface area contributed by atoms with Gasteiger partial charge in [-0.2, -0.15) is 17.9 Å². The van der Waals surface area contributed by atoms with Crippen molar-refractivity contribution in [3.05, 3.63) is 35.5 Å². The summed E-state index contributed by atoms with van der Waals surface area (Å²) in [5.74, 6) is -0.546. The van der Waals surface area contributed by atoms with Gasteiger partial charge in [-0.3, -0.25) is 4.79 Å². The fourth-order valence-corrected chi connectivity index (χ4v) is 2.96. The molecule has 0 unspecified atom stereocenters. The minimum Gasteiger partial charge on any atom is -0.382 e. The first kappa shape index (κ1) is 17.2. The average molecular weight is 353 g/mol. The fourth-order valence-electron chi connectivity index (χ4n) is 2.96. The van der Waals surface area contributed by atoms with Crippen molar-refractivity contribution in [2.75, 3.05) is 5.73 Å². The van der Waals surface area contributed by atoms with Crippen molar-refractivity contribution in [3.8, 4) is 5.69 Å². The predicted octanol–water partition coefficient (Wildman–Crippen LogP) is 2.93. The molecule has 3 rings (SSSR count). The van der Waals surface area contributed by atoms with Gasteiger partial charge in [0.25, 0.3) is 5.91 Å². The van der Waals surface area contributed by atoms with E-state index >= 15 is 0 Å². The molecule has 1 aromatic carbocycles. The van der Waals surface area contributed by atoms with Crippen molar-refractivity contribution in [2.45, 2.75) is 44.3 Å². The number of nitrogens with two attached hydrogens (primary N) is 1. The van der Waals surface area contributed by atoms with Crippen molar-refractivity contribution < 1.29 is 18.0 Å². The Morgan fingerprint density at radius 1 is 1.24 bits per heavy atom. The van der Waals surface area contributed by atoms with Gasteiger partial charge in [-0.15, -0.1) is 5.10 Å². The van der Waals surface area contributed by atoms with E-state index in [0.717, 1.165) is 48.9 Å². The molecule has 1 aromatic heterocycles. The van der Waals surface area contributed by atoms with Crippen LogP contribution in [0.15, 0.2) is 24.3 Å². The van der Waals surface area contributed by atoms with Gasteiger partial charge in [-0.05, 0) is 31.0 Å². The molecule has 6 nitrogen and oxygen atoms in total. The van der Waals surface area contributed by atoms with Crippen LogP contribution in [0.3, 0.4) is 0 Å². The highest BCUT2D eigenvalue weighted by Gasteiger charge is 2.31. The van der Waals surface area contributed by atoms with Crippen molar-refractivity contribution >= 4 is 11.7 Å². The number of amides is 1. The quantitative estimate of drug-likeness (QED) is 0.888. The zero-order chi connectivity index (χ0) is 18.0. The number of nitrogens with zero attached hydrogens (tertiary/aromatic N) is 3. The highest BCUT2D eigenvalue weighted by Crippen LogP contribution is 2.30. The lowest BCUT2D eigenvalue weighted by molar-refractivity contribution is -0.137. The molecule has 2 aromatic rings. The van der Waals surface area contributed by atoms with E-state index in [0.29, 0.717) is 0 Å². The molecule has 0 saturated heterocycles. The van der Waals surface area contributed by atoms with Crippen LogP contribution >= 0.6 is 0 Å². The molecule has 0 spiro atoms. The number of halogens is 3. The minimum atomic E-state index is -4.48. The zero-order valence-electron chi connectivity index (χ0n) is 13.4. The Labute approximate surface area is 142 Å². The molecule has 0 aliphatic heterocycles. The molecule has 0 bridgehead atoms. The highest BCUT2D eigenvalue weighted by molar-refractivity contribution is 5.96. The number of carbonyl (C=O) groups is 1. The van der Waals surface area contributed by atoms with Crippen LogP contribution < -0.4 is 11.1 Å². The third-order valence-electron chi connectivity index (χ3n) is 4.28. The first-order chi connectivity index (χ1) is 11.9. The molecule has 25 heavy (non-hydrogen) atoms. The number of benzene rings is 1. The van der Waals surface area contributed by atoms with E-state index in [-0.39, 0.29) is 23.2 Å². The standard InChI is InChI=1S/C16H18F3N5O/c17-16(18,19)10-5-4-8-12(9-10)24-14(20)13(22-23-24)15(25)21-11-6-2-1-3-7-11/h4-5,8-9,11H,1-3,6-7,20H2,(H,21,25). The number of alkyl halides is 3. The Hall–Kier alpha value is -2.58. The summed E-state index contributed by atoms with van der Waals surface area (Å²) < 4.78 is 39.5. The second-order valence-corrected chi connectivity index (χ2v) is 6.09. The molecule has 1 aliphatic carbocycles. The monoisotopic (exact) mass is 353 g/mol. The molecule has 1 amide bonds.